The van der Waals surface area contributed by atoms with Crippen LogP contribution in [0, 0.1) is 0 Å². The van der Waals surface area contributed by atoms with Gasteiger partial charge in [-0.15, -0.1) is 0 Å². The van der Waals surface area contributed by atoms with E-state index in [0.717, 1.165) is 0 Å². The lowest BCUT2D eigenvalue weighted by atomic mass is 10.0. The maximum Gasteiger partial charge on any atom is 0.240 e. The number of sulfonamides is 1. The number of ether oxygens (including phenoxy) is 2. The fourth-order valence-corrected chi connectivity index (χ4v) is 3.20. The zero-order valence-corrected chi connectivity index (χ0v) is 11.9. The molecule has 0 aliphatic carbocycles. The zero-order valence-electron chi connectivity index (χ0n) is 11.1. The van der Waals surface area contributed by atoms with Crippen LogP contribution in [-0.2, 0) is 19.5 Å². The minimum absolute atomic E-state index is 0.104. The Bertz CT molecular complexity index is 511. The summed E-state index contributed by atoms with van der Waals surface area (Å²) in [4.78, 5) is 0.219. The summed E-state index contributed by atoms with van der Waals surface area (Å²) in [5.41, 5.74) is -0.690. The van der Waals surface area contributed by atoms with Crippen molar-refractivity contribution in [2.75, 3.05) is 33.0 Å². The molecular formula is C13H19NO5S. The van der Waals surface area contributed by atoms with Gasteiger partial charge in [-0.3, -0.25) is 0 Å². The van der Waals surface area contributed by atoms with Gasteiger partial charge in [0, 0.05) is 19.6 Å². The molecule has 1 saturated heterocycles. The van der Waals surface area contributed by atoms with E-state index in [-0.39, 0.29) is 24.7 Å². The maximum absolute atomic E-state index is 12.1. The van der Waals surface area contributed by atoms with Crippen molar-refractivity contribution in [1.82, 2.24) is 4.72 Å². The average molecular weight is 301 g/mol. The molecule has 1 fully saturated rings. The van der Waals surface area contributed by atoms with Gasteiger partial charge in [0.05, 0.1) is 24.7 Å². The third kappa shape index (κ3) is 3.77. The summed E-state index contributed by atoms with van der Waals surface area (Å²) >= 11 is 0. The molecule has 0 bridgehead atoms. The highest BCUT2D eigenvalue weighted by molar-refractivity contribution is 7.89. The minimum atomic E-state index is -3.56. The minimum Gasteiger partial charge on any atom is -0.394 e. The predicted molar refractivity (Wildman–Crippen MR) is 72.8 cm³/mol. The lowest BCUT2D eigenvalue weighted by molar-refractivity contribution is -0.0566. The summed E-state index contributed by atoms with van der Waals surface area (Å²) in [6.07, 6.45) is 0.601. The summed E-state index contributed by atoms with van der Waals surface area (Å²) < 4.78 is 37.7. The van der Waals surface area contributed by atoms with Crippen molar-refractivity contribution in [3.63, 3.8) is 0 Å². The number of aliphatic hydroxyl groups excluding tert-OH is 1. The maximum atomic E-state index is 12.1. The fraction of sp³-hybridized carbons (Fsp3) is 0.538. The van der Waals surface area contributed by atoms with Gasteiger partial charge >= 0.3 is 0 Å². The Balaban J connectivity index is 2.02. The van der Waals surface area contributed by atoms with Gasteiger partial charge in [-0.2, -0.15) is 0 Å². The highest BCUT2D eigenvalue weighted by Gasteiger charge is 2.37. The lowest BCUT2D eigenvalue weighted by Gasteiger charge is -2.27. The fourth-order valence-electron chi connectivity index (χ4n) is 2.06. The molecule has 7 heteroatoms. The molecule has 1 heterocycles. The Labute approximate surface area is 118 Å². The van der Waals surface area contributed by atoms with E-state index in [4.69, 9.17) is 14.6 Å². The van der Waals surface area contributed by atoms with Gasteiger partial charge < -0.3 is 14.6 Å². The number of aliphatic hydroxyl groups is 1. The van der Waals surface area contributed by atoms with Crippen LogP contribution in [0.25, 0.3) is 0 Å². The van der Waals surface area contributed by atoms with Crippen LogP contribution in [0.15, 0.2) is 35.2 Å². The van der Waals surface area contributed by atoms with Crippen LogP contribution in [0.1, 0.15) is 6.42 Å². The Morgan fingerprint density at radius 3 is 2.70 bits per heavy atom. The molecule has 2 rings (SSSR count). The second-order valence-corrected chi connectivity index (χ2v) is 6.46. The largest absolute Gasteiger partial charge is 0.394 e. The molecule has 1 aromatic carbocycles. The Hall–Kier alpha value is -0.990. The molecule has 0 radical (unpaired) electrons. The van der Waals surface area contributed by atoms with E-state index in [2.05, 4.69) is 4.72 Å². The van der Waals surface area contributed by atoms with Crippen LogP contribution in [0.3, 0.4) is 0 Å². The normalized spacial score (nSPS) is 23.1. The van der Waals surface area contributed by atoms with Gasteiger partial charge in [-0.1, -0.05) is 18.2 Å². The first-order valence-corrected chi connectivity index (χ1v) is 7.94. The van der Waals surface area contributed by atoms with E-state index >= 15 is 0 Å². The van der Waals surface area contributed by atoms with Crippen LogP contribution in [0.2, 0.25) is 0 Å². The van der Waals surface area contributed by atoms with Crippen LogP contribution in [0.5, 0.6) is 0 Å². The smallest absolute Gasteiger partial charge is 0.240 e. The molecule has 0 saturated carbocycles. The quantitative estimate of drug-likeness (QED) is 0.748. The standard InChI is InChI=1S/C13H19NO5S/c15-7-9-19-13(6-8-18-11-13)10-14-20(16,17)12-4-2-1-3-5-12/h1-5,14-15H,6-11H2. The number of nitrogens with one attached hydrogen (secondary N) is 1. The van der Waals surface area contributed by atoms with Crippen LogP contribution in [-0.4, -0.2) is 52.1 Å². The van der Waals surface area contributed by atoms with Crippen molar-refractivity contribution in [3.05, 3.63) is 30.3 Å². The van der Waals surface area contributed by atoms with Crippen molar-refractivity contribution in [2.45, 2.75) is 16.9 Å². The van der Waals surface area contributed by atoms with E-state index in [9.17, 15) is 8.42 Å². The SMILES string of the molecule is O=S(=O)(NCC1(OCCO)CCOC1)c1ccccc1. The highest BCUT2D eigenvalue weighted by atomic mass is 32.2. The molecule has 1 atom stereocenters. The molecular weight excluding hydrogens is 282 g/mol. The topological polar surface area (TPSA) is 84.9 Å². The molecule has 0 aromatic heterocycles. The van der Waals surface area contributed by atoms with Gasteiger partial charge in [-0.25, -0.2) is 13.1 Å². The zero-order chi connectivity index (χ0) is 14.5. The number of hydrogen-bond donors (Lipinski definition) is 2. The van der Waals surface area contributed by atoms with Crippen LogP contribution in [0.4, 0.5) is 0 Å². The monoisotopic (exact) mass is 301 g/mol. The van der Waals surface area contributed by atoms with Crippen molar-refractivity contribution in [3.8, 4) is 0 Å². The van der Waals surface area contributed by atoms with Gasteiger partial charge in [0.25, 0.3) is 0 Å². The van der Waals surface area contributed by atoms with Crippen molar-refractivity contribution >= 4 is 10.0 Å². The number of benzene rings is 1. The average Bonchev–Trinajstić information content (AvgIpc) is 2.94. The summed E-state index contributed by atoms with van der Waals surface area (Å²) in [6, 6.07) is 8.18. The molecule has 1 aliphatic heterocycles. The second kappa shape index (κ2) is 6.64. The highest BCUT2D eigenvalue weighted by Crippen LogP contribution is 2.23. The van der Waals surface area contributed by atoms with E-state index in [1.54, 1.807) is 18.2 Å². The van der Waals surface area contributed by atoms with Crippen molar-refractivity contribution in [1.29, 1.82) is 0 Å². The third-order valence-electron chi connectivity index (χ3n) is 3.20. The molecule has 0 amide bonds. The molecule has 1 aromatic rings. The molecule has 2 N–H and O–H groups in total. The number of rotatable bonds is 7. The van der Waals surface area contributed by atoms with E-state index < -0.39 is 15.6 Å². The van der Waals surface area contributed by atoms with Gasteiger partial charge in [0.2, 0.25) is 10.0 Å². The van der Waals surface area contributed by atoms with E-state index in [1.165, 1.54) is 12.1 Å². The molecule has 112 valence electrons. The Morgan fingerprint density at radius 2 is 2.10 bits per heavy atom. The Morgan fingerprint density at radius 1 is 1.35 bits per heavy atom. The predicted octanol–water partition coefficient (Wildman–Crippen LogP) is 0.133. The molecule has 0 spiro atoms. The lowest BCUT2D eigenvalue weighted by Crippen LogP contribution is -2.46. The second-order valence-electron chi connectivity index (χ2n) is 4.70. The first-order valence-electron chi connectivity index (χ1n) is 6.45. The summed E-state index contributed by atoms with van der Waals surface area (Å²) in [5.74, 6) is 0. The molecule has 6 nitrogen and oxygen atoms in total. The van der Waals surface area contributed by atoms with Gasteiger partial charge in [-0.05, 0) is 12.1 Å². The number of hydrogen-bond acceptors (Lipinski definition) is 5. The van der Waals surface area contributed by atoms with E-state index in [1.807, 2.05) is 0 Å². The third-order valence-corrected chi connectivity index (χ3v) is 4.62. The molecule has 20 heavy (non-hydrogen) atoms. The van der Waals surface area contributed by atoms with E-state index in [0.29, 0.717) is 19.6 Å². The Kier molecular flexibility index (Phi) is 5.11. The van der Waals surface area contributed by atoms with Crippen LogP contribution >= 0.6 is 0 Å². The van der Waals surface area contributed by atoms with Gasteiger partial charge in [0.15, 0.2) is 0 Å². The summed E-state index contributed by atoms with van der Waals surface area (Å²) in [6.45, 7) is 1.04. The first-order chi connectivity index (χ1) is 9.58. The van der Waals surface area contributed by atoms with Crippen molar-refractivity contribution in [2.24, 2.45) is 0 Å². The first kappa shape index (κ1) is 15.4. The molecule has 1 aliphatic rings. The summed E-state index contributed by atoms with van der Waals surface area (Å²) in [7, 11) is -3.56. The van der Waals surface area contributed by atoms with Crippen LogP contribution < -0.4 is 4.72 Å². The van der Waals surface area contributed by atoms with Gasteiger partial charge in [0.1, 0.15) is 5.60 Å². The summed E-state index contributed by atoms with van der Waals surface area (Å²) in [5, 5.41) is 8.84. The molecule has 1 unspecified atom stereocenters. The van der Waals surface area contributed by atoms with Crippen molar-refractivity contribution < 1.29 is 23.0 Å².